The van der Waals surface area contributed by atoms with Crippen LogP contribution in [0.15, 0.2) is 47.7 Å². The van der Waals surface area contributed by atoms with E-state index in [2.05, 4.69) is 19.9 Å². The van der Waals surface area contributed by atoms with Crippen molar-refractivity contribution >= 4 is 17.3 Å². The molecule has 192 valence electrons. The molecule has 0 amide bonds. The second-order valence-corrected chi connectivity index (χ2v) is 9.98. The second kappa shape index (κ2) is 9.99. The summed E-state index contributed by atoms with van der Waals surface area (Å²) in [5.41, 5.74) is 2.83. The van der Waals surface area contributed by atoms with Crippen LogP contribution in [0.3, 0.4) is 0 Å². The summed E-state index contributed by atoms with van der Waals surface area (Å²) in [7, 11) is 1.73. The number of hydrogen-bond acceptors (Lipinski definition) is 7. The maximum Gasteiger partial charge on any atom is 0.276 e. The summed E-state index contributed by atoms with van der Waals surface area (Å²) in [5.74, 6) is -0.150. The van der Waals surface area contributed by atoms with E-state index in [0.717, 1.165) is 11.1 Å². The number of rotatable bonds is 6. The van der Waals surface area contributed by atoms with Crippen molar-refractivity contribution in [2.45, 2.75) is 46.8 Å². The number of nitrogens with zero attached hydrogens (tertiary/aromatic N) is 6. The van der Waals surface area contributed by atoms with Crippen LogP contribution in [0.25, 0.3) is 17.1 Å². The van der Waals surface area contributed by atoms with Crippen molar-refractivity contribution in [1.29, 1.82) is 0 Å². The van der Waals surface area contributed by atoms with E-state index in [1.807, 2.05) is 6.92 Å². The first-order valence-corrected chi connectivity index (χ1v) is 12.0. The smallest absolute Gasteiger partial charge is 0.276 e. The molecule has 0 aromatic carbocycles. The summed E-state index contributed by atoms with van der Waals surface area (Å²) in [4.78, 5) is 32.5. The lowest BCUT2D eigenvalue weighted by Crippen LogP contribution is -2.27. The molecule has 0 aliphatic rings. The summed E-state index contributed by atoms with van der Waals surface area (Å²) in [6, 6.07) is 6.65. The second-order valence-electron chi connectivity index (χ2n) is 9.60. The van der Waals surface area contributed by atoms with Crippen LogP contribution < -0.4 is 10.5 Å². The maximum atomic E-state index is 14.4. The molecular formula is C27H28ClFN6O2. The monoisotopic (exact) mass is 522 g/mol. The highest BCUT2D eigenvalue weighted by molar-refractivity contribution is 6.33. The number of hydrogen-bond donors (Lipinski definition) is 1. The molecule has 10 heteroatoms. The Balaban J connectivity index is 1.76. The van der Waals surface area contributed by atoms with Gasteiger partial charge >= 0.3 is 0 Å². The number of halogens is 2. The molecule has 0 saturated carbocycles. The van der Waals surface area contributed by atoms with Gasteiger partial charge < -0.3 is 10.0 Å². The van der Waals surface area contributed by atoms with Gasteiger partial charge in [0, 0.05) is 31.3 Å². The van der Waals surface area contributed by atoms with Gasteiger partial charge in [-0.2, -0.15) is 0 Å². The Morgan fingerprint density at radius 1 is 1.08 bits per heavy atom. The Bertz CT molecular complexity index is 1550. The van der Waals surface area contributed by atoms with Gasteiger partial charge in [0.25, 0.3) is 5.56 Å². The molecule has 1 N–H and O–H groups in total. The number of anilines is 1. The van der Waals surface area contributed by atoms with E-state index in [4.69, 9.17) is 11.6 Å². The molecular weight excluding hydrogens is 495 g/mol. The first kappa shape index (κ1) is 26.4. The maximum absolute atomic E-state index is 14.4. The van der Waals surface area contributed by atoms with Gasteiger partial charge in [0.05, 0.1) is 35.0 Å². The SMILES string of the molecule is Cc1cnc(CN(C)c2cc(C)n(-c3cc(-c4ccnc(C(C)(C)O)n4)ncc3C)c(=O)c2Cl)c(F)c1. The van der Waals surface area contributed by atoms with Crippen LogP contribution in [0.2, 0.25) is 5.02 Å². The van der Waals surface area contributed by atoms with Crippen LogP contribution in [-0.2, 0) is 12.1 Å². The number of aryl methyl sites for hydroxylation is 3. The zero-order chi connectivity index (χ0) is 27.1. The van der Waals surface area contributed by atoms with Crippen LogP contribution in [0.5, 0.6) is 0 Å². The third kappa shape index (κ3) is 5.38. The summed E-state index contributed by atoms with van der Waals surface area (Å²) in [6.45, 7) is 8.77. The average molecular weight is 523 g/mol. The van der Waals surface area contributed by atoms with Crippen LogP contribution >= 0.6 is 11.6 Å². The standard InChI is InChI=1S/C27H28ClFN6O2/c1-15-9-18(29)21(31-12-15)14-34(6)23-10-17(3)35(25(36)24(23)28)22-11-20(32-13-16(22)2)19-7-8-30-26(33-19)27(4,5)37/h7-13,37H,14H2,1-6H3. The van der Waals surface area contributed by atoms with E-state index in [1.165, 1.54) is 10.6 Å². The van der Waals surface area contributed by atoms with Crippen molar-refractivity contribution in [2.24, 2.45) is 0 Å². The topological polar surface area (TPSA) is 97.0 Å². The fourth-order valence-corrected chi connectivity index (χ4v) is 4.23. The quantitative estimate of drug-likeness (QED) is 0.393. The molecule has 4 rings (SSSR count). The summed E-state index contributed by atoms with van der Waals surface area (Å²) < 4.78 is 15.9. The normalized spacial score (nSPS) is 11.6. The van der Waals surface area contributed by atoms with Crippen molar-refractivity contribution in [3.8, 4) is 17.1 Å². The van der Waals surface area contributed by atoms with Crippen molar-refractivity contribution in [3.05, 3.63) is 92.4 Å². The van der Waals surface area contributed by atoms with Gasteiger partial charge in [0.15, 0.2) is 5.82 Å². The van der Waals surface area contributed by atoms with Crippen LogP contribution in [0.4, 0.5) is 10.1 Å². The van der Waals surface area contributed by atoms with Crippen molar-refractivity contribution < 1.29 is 9.50 Å². The third-order valence-corrected chi connectivity index (χ3v) is 6.30. The predicted octanol–water partition coefficient (Wildman–Crippen LogP) is 4.67. The van der Waals surface area contributed by atoms with Gasteiger partial charge in [-0.1, -0.05) is 11.6 Å². The van der Waals surface area contributed by atoms with E-state index in [0.29, 0.717) is 28.5 Å². The van der Waals surface area contributed by atoms with E-state index in [-0.39, 0.29) is 23.1 Å². The molecule has 0 atom stereocenters. The van der Waals surface area contributed by atoms with Crippen LogP contribution in [-0.4, -0.2) is 36.7 Å². The minimum Gasteiger partial charge on any atom is -0.382 e. The number of aromatic nitrogens is 5. The first-order valence-electron chi connectivity index (χ1n) is 11.6. The van der Waals surface area contributed by atoms with Gasteiger partial charge in [-0.25, -0.2) is 14.4 Å². The Labute approximate surface area is 219 Å². The van der Waals surface area contributed by atoms with Gasteiger partial charge in [-0.3, -0.25) is 19.3 Å². The lowest BCUT2D eigenvalue weighted by Gasteiger charge is -2.23. The van der Waals surface area contributed by atoms with Crippen molar-refractivity contribution in [1.82, 2.24) is 24.5 Å². The number of aliphatic hydroxyl groups is 1. The lowest BCUT2D eigenvalue weighted by molar-refractivity contribution is 0.0688. The zero-order valence-corrected chi connectivity index (χ0v) is 22.3. The molecule has 0 spiro atoms. The molecule has 0 fully saturated rings. The van der Waals surface area contributed by atoms with E-state index in [1.54, 1.807) is 76.4 Å². The average Bonchev–Trinajstić information content (AvgIpc) is 2.84. The molecule has 37 heavy (non-hydrogen) atoms. The van der Waals surface area contributed by atoms with Crippen molar-refractivity contribution in [2.75, 3.05) is 11.9 Å². The molecule has 4 aromatic heterocycles. The number of pyridine rings is 3. The molecule has 0 unspecified atom stereocenters. The molecule has 0 aliphatic carbocycles. The molecule has 0 bridgehead atoms. The Morgan fingerprint density at radius 3 is 2.49 bits per heavy atom. The van der Waals surface area contributed by atoms with E-state index < -0.39 is 17.0 Å². The minimum atomic E-state index is -1.22. The first-order chi connectivity index (χ1) is 17.4. The Hall–Kier alpha value is -3.69. The molecule has 4 heterocycles. The Kier molecular flexibility index (Phi) is 7.12. The van der Waals surface area contributed by atoms with Crippen LogP contribution in [0, 0.1) is 26.6 Å². The third-order valence-electron chi connectivity index (χ3n) is 5.95. The summed E-state index contributed by atoms with van der Waals surface area (Å²) in [6.07, 6.45) is 4.81. The molecule has 0 saturated heterocycles. The summed E-state index contributed by atoms with van der Waals surface area (Å²) in [5, 5.41) is 10.3. The van der Waals surface area contributed by atoms with Gasteiger partial charge in [-0.15, -0.1) is 0 Å². The highest BCUT2D eigenvalue weighted by Gasteiger charge is 2.22. The highest BCUT2D eigenvalue weighted by Crippen LogP contribution is 2.28. The van der Waals surface area contributed by atoms with Gasteiger partial charge in [0.2, 0.25) is 0 Å². The predicted molar refractivity (Wildman–Crippen MR) is 142 cm³/mol. The fraction of sp³-hybridized carbons (Fsp3) is 0.296. The Morgan fingerprint density at radius 2 is 1.81 bits per heavy atom. The van der Waals surface area contributed by atoms with Gasteiger partial charge in [-0.05, 0) is 70.0 Å². The van der Waals surface area contributed by atoms with E-state index in [9.17, 15) is 14.3 Å². The van der Waals surface area contributed by atoms with Crippen molar-refractivity contribution in [3.63, 3.8) is 0 Å². The fourth-order valence-electron chi connectivity index (χ4n) is 3.95. The molecule has 8 nitrogen and oxygen atoms in total. The van der Waals surface area contributed by atoms with Crippen LogP contribution in [0.1, 0.15) is 42.2 Å². The molecule has 0 radical (unpaired) electrons. The molecule has 0 aliphatic heterocycles. The lowest BCUT2D eigenvalue weighted by atomic mass is 10.1. The van der Waals surface area contributed by atoms with E-state index >= 15 is 0 Å². The largest absolute Gasteiger partial charge is 0.382 e. The molecule has 4 aromatic rings. The highest BCUT2D eigenvalue weighted by atomic mass is 35.5. The van der Waals surface area contributed by atoms with Gasteiger partial charge in [0.1, 0.15) is 16.4 Å². The summed E-state index contributed by atoms with van der Waals surface area (Å²) >= 11 is 6.57. The minimum absolute atomic E-state index is 0.00438. The zero-order valence-electron chi connectivity index (χ0n) is 21.5.